The third-order valence-electron chi connectivity index (χ3n) is 7.13. The Morgan fingerprint density at radius 1 is 0.949 bits per heavy atom. The molecule has 1 aliphatic heterocycles. The molecule has 1 saturated carbocycles. The number of Topliss-reactive ketones (excluding diaryl/α,β-unsaturated/α-hetero) is 1. The lowest BCUT2D eigenvalue weighted by Gasteiger charge is -2.30. The summed E-state index contributed by atoms with van der Waals surface area (Å²) in [4.78, 5) is 66.4. The van der Waals surface area contributed by atoms with Crippen molar-refractivity contribution in [1.29, 1.82) is 0 Å². The third-order valence-corrected chi connectivity index (χ3v) is 8.24. The lowest BCUT2D eigenvalue weighted by atomic mass is 9.76. The summed E-state index contributed by atoms with van der Waals surface area (Å²) in [6, 6.07) is 15.3. The van der Waals surface area contributed by atoms with Crippen molar-refractivity contribution in [3.05, 3.63) is 87.1 Å². The minimum absolute atomic E-state index is 0.187. The Labute approximate surface area is 234 Å². The quantitative estimate of drug-likeness (QED) is 0.167. The van der Waals surface area contributed by atoms with Crippen LogP contribution in [0.25, 0.3) is 0 Å². The van der Waals surface area contributed by atoms with Gasteiger partial charge in [0.1, 0.15) is 17.2 Å². The van der Waals surface area contributed by atoms with Crippen LogP contribution < -0.4 is 4.74 Å². The monoisotopic (exact) mass is 564 g/mol. The fourth-order valence-electron chi connectivity index (χ4n) is 5.07. The Bertz CT molecular complexity index is 1420. The average molecular weight is 565 g/mol. The number of benzene rings is 2. The molecule has 5 rings (SSSR count). The Kier molecular flexibility index (Phi) is 7.63. The van der Waals surface area contributed by atoms with E-state index in [9.17, 15) is 24.0 Å². The number of carbonyl (C=O) groups excluding carboxylic acids is 5. The van der Waals surface area contributed by atoms with Gasteiger partial charge in [0.25, 0.3) is 17.7 Å². The topological polar surface area (TPSA) is 101 Å². The number of hydrazine groups is 1. The van der Waals surface area contributed by atoms with Crippen LogP contribution in [0, 0.1) is 17.8 Å². The van der Waals surface area contributed by atoms with E-state index in [0.29, 0.717) is 22.7 Å². The number of ether oxygens (including phenoxy) is 1. The van der Waals surface area contributed by atoms with E-state index in [4.69, 9.17) is 16.3 Å². The second-order valence-electron chi connectivity index (χ2n) is 9.80. The number of rotatable bonds is 7. The van der Waals surface area contributed by atoms with Gasteiger partial charge in [-0.3, -0.25) is 19.2 Å². The molecule has 0 N–H and O–H groups in total. The molecule has 2 aliphatic rings. The van der Waals surface area contributed by atoms with E-state index >= 15 is 0 Å². The summed E-state index contributed by atoms with van der Waals surface area (Å²) in [7, 11) is 0. The smallest absolute Gasteiger partial charge is 0.353 e. The van der Waals surface area contributed by atoms with Crippen molar-refractivity contribution in [3.8, 4) is 5.75 Å². The summed E-state index contributed by atoms with van der Waals surface area (Å²) in [5.74, 6) is -3.03. The van der Waals surface area contributed by atoms with Crippen LogP contribution >= 0.6 is 22.9 Å². The minimum atomic E-state index is -0.657. The second-order valence-corrected chi connectivity index (χ2v) is 11.2. The Morgan fingerprint density at radius 2 is 1.62 bits per heavy atom. The molecular formula is C29H25ClN2O6S. The van der Waals surface area contributed by atoms with Crippen molar-refractivity contribution in [3.63, 3.8) is 0 Å². The van der Waals surface area contributed by atoms with Gasteiger partial charge < -0.3 is 4.74 Å². The molecule has 39 heavy (non-hydrogen) atoms. The highest BCUT2D eigenvalue weighted by molar-refractivity contribution is 7.12. The van der Waals surface area contributed by atoms with Gasteiger partial charge in [0.15, 0.2) is 5.78 Å². The number of amides is 3. The minimum Gasteiger partial charge on any atom is -0.422 e. The number of ketones is 1. The standard InChI is InChI=1S/C29H25ClN2O6S/c1-17-4-13-22-23(15-17)28(36)32(27(22)35)31(26(34)19-5-9-20(30)10-6-19)16-24(33)18-7-11-21(12-8-18)38-29(37)25-3-2-14-39-25/h2-3,5-12,14,17,22-23H,4,13,15-16H2,1H3/t17-,22-,23+/m1/s1. The number of thiophene rings is 1. The zero-order valence-electron chi connectivity index (χ0n) is 21.0. The number of halogens is 1. The molecule has 8 nitrogen and oxygen atoms in total. The van der Waals surface area contributed by atoms with Gasteiger partial charge in [-0.1, -0.05) is 24.6 Å². The van der Waals surface area contributed by atoms with Crippen LogP contribution in [0.15, 0.2) is 66.0 Å². The lowest BCUT2D eigenvalue weighted by molar-refractivity contribution is -0.154. The molecule has 0 bridgehead atoms. The maximum atomic E-state index is 13.6. The summed E-state index contributed by atoms with van der Waals surface area (Å²) >= 11 is 7.23. The van der Waals surface area contributed by atoms with Gasteiger partial charge in [0.2, 0.25) is 0 Å². The Hall–Kier alpha value is -3.82. The van der Waals surface area contributed by atoms with Crippen molar-refractivity contribution >= 4 is 52.4 Å². The van der Waals surface area contributed by atoms with Gasteiger partial charge >= 0.3 is 5.97 Å². The fourth-order valence-corrected chi connectivity index (χ4v) is 5.80. The van der Waals surface area contributed by atoms with E-state index in [1.54, 1.807) is 17.5 Å². The van der Waals surface area contributed by atoms with Crippen LogP contribution in [-0.4, -0.2) is 46.0 Å². The normalized spacial score (nSPS) is 20.5. The maximum absolute atomic E-state index is 13.6. The summed E-state index contributed by atoms with van der Waals surface area (Å²) in [6.45, 7) is 1.51. The number of esters is 1. The van der Waals surface area contributed by atoms with Crippen molar-refractivity contribution in [2.45, 2.75) is 26.2 Å². The molecule has 0 unspecified atom stereocenters. The molecule has 3 atom stereocenters. The van der Waals surface area contributed by atoms with Gasteiger partial charge in [-0.15, -0.1) is 11.3 Å². The van der Waals surface area contributed by atoms with Crippen LogP contribution in [-0.2, 0) is 9.59 Å². The largest absolute Gasteiger partial charge is 0.422 e. The molecule has 10 heteroatoms. The SMILES string of the molecule is C[C@@H]1CC[C@H]2C(=O)N(N(CC(=O)c3ccc(OC(=O)c4cccs4)cc3)C(=O)c3ccc(Cl)cc3)C(=O)[C@H]2C1. The summed E-state index contributed by atoms with van der Waals surface area (Å²) < 4.78 is 5.34. The molecule has 2 aromatic carbocycles. The molecule has 1 aliphatic carbocycles. The predicted molar refractivity (Wildman–Crippen MR) is 144 cm³/mol. The number of hydrogen-bond donors (Lipinski definition) is 0. The van der Waals surface area contributed by atoms with Crippen molar-refractivity contribution in [2.75, 3.05) is 6.54 Å². The van der Waals surface area contributed by atoms with Gasteiger partial charge in [-0.05, 0) is 85.2 Å². The van der Waals surface area contributed by atoms with Crippen LogP contribution in [0.2, 0.25) is 5.02 Å². The molecule has 1 saturated heterocycles. The number of hydrogen-bond acceptors (Lipinski definition) is 7. The lowest BCUT2D eigenvalue weighted by Crippen LogP contribution is -2.52. The molecule has 0 spiro atoms. The van der Waals surface area contributed by atoms with Gasteiger partial charge in [0, 0.05) is 16.1 Å². The summed E-state index contributed by atoms with van der Waals surface area (Å²) in [6.07, 6.45) is 1.95. The highest BCUT2D eigenvalue weighted by Crippen LogP contribution is 2.41. The van der Waals surface area contributed by atoms with Crippen LogP contribution in [0.3, 0.4) is 0 Å². The fraction of sp³-hybridized carbons (Fsp3) is 0.276. The summed E-state index contributed by atoms with van der Waals surface area (Å²) in [5, 5.41) is 4.01. The number of imide groups is 1. The molecule has 3 amide bonds. The summed E-state index contributed by atoms with van der Waals surface area (Å²) in [5.41, 5.74) is 0.414. The van der Waals surface area contributed by atoms with Gasteiger partial charge in [0.05, 0.1) is 11.8 Å². The van der Waals surface area contributed by atoms with E-state index < -0.39 is 47.9 Å². The zero-order valence-corrected chi connectivity index (χ0v) is 22.6. The number of carbonyl (C=O) groups is 5. The number of nitrogens with zero attached hydrogens (tertiary/aromatic N) is 2. The second kappa shape index (κ2) is 11.1. The number of fused-ring (bicyclic) bond motifs is 1. The molecule has 2 heterocycles. The van der Waals surface area contributed by atoms with Gasteiger partial charge in [-0.2, -0.15) is 5.01 Å². The third kappa shape index (κ3) is 5.51. The molecule has 3 aromatic rings. The van der Waals surface area contributed by atoms with E-state index in [0.717, 1.165) is 16.4 Å². The van der Waals surface area contributed by atoms with Crippen LogP contribution in [0.5, 0.6) is 5.75 Å². The molecule has 0 radical (unpaired) electrons. The van der Waals surface area contributed by atoms with Crippen LogP contribution in [0.1, 0.15) is 56.6 Å². The molecule has 200 valence electrons. The average Bonchev–Trinajstić information content (AvgIpc) is 3.55. The highest BCUT2D eigenvalue weighted by atomic mass is 35.5. The van der Waals surface area contributed by atoms with Crippen molar-refractivity contribution in [1.82, 2.24) is 10.0 Å². The van der Waals surface area contributed by atoms with Gasteiger partial charge in [-0.25, -0.2) is 9.80 Å². The van der Waals surface area contributed by atoms with E-state index in [1.165, 1.54) is 59.9 Å². The highest BCUT2D eigenvalue weighted by Gasteiger charge is 2.52. The van der Waals surface area contributed by atoms with Crippen molar-refractivity contribution < 1.29 is 28.7 Å². The zero-order chi connectivity index (χ0) is 27.7. The van der Waals surface area contributed by atoms with E-state index in [1.807, 2.05) is 6.92 Å². The molecular weight excluding hydrogens is 540 g/mol. The van der Waals surface area contributed by atoms with E-state index in [-0.39, 0.29) is 22.8 Å². The van der Waals surface area contributed by atoms with Crippen LogP contribution in [0.4, 0.5) is 0 Å². The first-order chi connectivity index (χ1) is 18.7. The first kappa shape index (κ1) is 26.8. The Balaban J connectivity index is 1.38. The Morgan fingerprint density at radius 3 is 2.28 bits per heavy atom. The van der Waals surface area contributed by atoms with Crippen molar-refractivity contribution in [2.24, 2.45) is 17.8 Å². The first-order valence-corrected chi connectivity index (χ1v) is 13.8. The first-order valence-electron chi connectivity index (χ1n) is 12.6. The molecule has 2 fully saturated rings. The molecule has 1 aromatic heterocycles. The maximum Gasteiger partial charge on any atom is 0.353 e. The van der Waals surface area contributed by atoms with E-state index in [2.05, 4.69) is 0 Å². The predicted octanol–water partition coefficient (Wildman–Crippen LogP) is 5.28.